The highest BCUT2D eigenvalue weighted by atomic mass is 35.5. The van der Waals surface area contributed by atoms with Crippen LogP contribution in [0.5, 0.6) is 0 Å². The molecule has 1 amide bonds. The van der Waals surface area contributed by atoms with Gasteiger partial charge in [-0.15, -0.1) is 0 Å². The first-order valence-corrected chi connectivity index (χ1v) is 8.74. The second-order valence-electron chi connectivity index (χ2n) is 5.88. The average molecular weight is 371 g/mol. The summed E-state index contributed by atoms with van der Waals surface area (Å²) < 4.78 is 5.11. The number of carbonyl (C=O) groups is 2. The third-order valence-corrected chi connectivity index (χ3v) is 4.22. The van der Waals surface area contributed by atoms with Gasteiger partial charge >= 0.3 is 5.97 Å². The molecular weight excluding hydrogens is 352 g/mol. The maximum absolute atomic E-state index is 12.6. The molecule has 0 saturated heterocycles. The van der Waals surface area contributed by atoms with E-state index >= 15 is 0 Å². The number of nitrogens with one attached hydrogen (secondary N) is 2. The zero-order chi connectivity index (χ0) is 18.5. The van der Waals surface area contributed by atoms with Gasteiger partial charge in [-0.3, -0.25) is 4.79 Å². The van der Waals surface area contributed by atoms with Crippen molar-refractivity contribution in [3.05, 3.63) is 70.9 Å². The molecule has 2 aromatic carbocycles. The molecule has 0 spiro atoms. The van der Waals surface area contributed by atoms with Crippen LogP contribution in [-0.2, 0) is 16.0 Å². The summed E-state index contributed by atoms with van der Waals surface area (Å²) in [6.07, 6.45) is 0.359. The Hall–Kier alpha value is -2.79. The molecule has 3 rings (SSSR count). The molecule has 1 unspecified atom stereocenters. The van der Waals surface area contributed by atoms with E-state index in [4.69, 9.17) is 16.3 Å². The number of ether oxygens (including phenoxy) is 1. The average Bonchev–Trinajstić information content (AvgIpc) is 3.05. The normalized spacial score (nSPS) is 11.9. The highest BCUT2D eigenvalue weighted by Gasteiger charge is 2.23. The van der Waals surface area contributed by atoms with Crippen LogP contribution in [0.3, 0.4) is 0 Å². The Balaban J connectivity index is 1.79. The zero-order valence-corrected chi connectivity index (χ0v) is 15.0. The van der Waals surface area contributed by atoms with E-state index < -0.39 is 12.0 Å². The van der Waals surface area contributed by atoms with Crippen molar-refractivity contribution in [2.24, 2.45) is 0 Å². The number of H-pyrrole nitrogens is 1. The predicted octanol–water partition coefficient (Wildman–Crippen LogP) is 3.73. The van der Waals surface area contributed by atoms with Crippen LogP contribution in [-0.4, -0.2) is 29.5 Å². The van der Waals surface area contributed by atoms with Gasteiger partial charge in [0.15, 0.2) is 0 Å². The number of rotatable bonds is 6. The van der Waals surface area contributed by atoms with Gasteiger partial charge in [0.05, 0.1) is 6.61 Å². The summed E-state index contributed by atoms with van der Waals surface area (Å²) in [7, 11) is 0. The van der Waals surface area contributed by atoms with E-state index in [9.17, 15) is 9.59 Å². The Morgan fingerprint density at radius 2 is 1.92 bits per heavy atom. The van der Waals surface area contributed by atoms with Crippen molar-refractivity contribution in [2.75, 3.05) is 6.61 Å². The first-order chi connectivity index (χ1) is 12.6. The van der Waals surface area contributed by atoms with Crippen LogP contribution in [0.15, 0.2) is 54.6 Å². The number of aromatic nitrogens is 1. The van der Waals surface area contributed by atoms with Gasteiger partial charge in [-0.1, -0.05) is 41.9 Å². The lowest BCUT2D eigenvalue weighted by Crippen LogP contribution is -2.43. The van der Waals surface area contributed by atoms with Crippen LogP contribution < -0.4 is 5.32 Å². The van der Waals surface area contributed by atoms with Crippen molar-refractivity contribution >= 4 is 34.4 Å². The Kier molecular flexibility index (Phi) is 5.58. The summed E-state index contributed by atoms with van der Waals surface area (Å²) in [5, 5.41) is 4.19. The second-order valence-corrected chi connectivity index (χ2v) is 6.32. The molecule has 1 heterocycles. The highest BCUT2D eigenvalue weighted by Crippen LogP contribution is 2.20. The summed E-state index contributed by atoms with van der Waals surface area (Å²) in [6, 6.07) is 15.8. The molecule has 5 nitrogen and oxygen atoms in total. The van der Waals surface area contributed by atoms with Crippen molar-refractivity contribution in [3.8, 4) is 0 Å². The first kappa shape index (κ1) is 18.0. The number of amides is 1. The number of esters is 1. The predicted molar refractivity (Wildman–Crippen MR) is 101 cm³/mol. The number of fused-ring (bicyclic) bond motifs is 1. The van der Waals surface area contributed by atoms with Crippen molar-refractivity contribution < 1.29 is 14.3 Å². The molecule has 0 radical (unpaired) electrons. The van der Waals surface area contributed by atoms with E-state index in [1.165, 1.54) is 0 Å². The summed E-state index contributed by atoms with van der Waals surface area (Å²) >= 11 is 5.98. The summed E-state index contributed by atoms with van der Waals surface area (Å²) in [5.41, 5.74) is 2.11. The number of halogens is 1. The lowest BCUT2D eigenvalue weighted by molar-refractivity contribution is -0.145. The molecule has 0 bridgehead atoms. The molecule has 0 aliphatic carbocycles. The quantitative estimate of drug-likeness (QED) is 0.649. The summed E-state index contributed by atoms with van der Waals surface area (Å²) in [4.78, 5) is 27.9. The lowest BCUT2D eigenvalue weighted by atomic mass is 10.1. The van der Waals surface area contributed by atoms with Crippen molar-refractivity contribution in [1.29, 1.82) is 0 Å². The molecule has 0 aliphatic heterocycles. The number of hydrogen-bond donors (Lipinski definition) is 2. The summed E-state index contributed by atoms with van der Waals surface area (Å²) in [6.45, 7) is 1.99. The lowest BCUT2D eigenvalue weighted by Gasteiger charge is -2.17. The van der Waals surface area contributed by atoms with Gasteiger partial charge in [-0.2, -0.15) is 0 Å². The molecule has 2 N–H and O–H groups in total. The van der Waals surface area contributed by atoms with Gasteiger partial charge in [-0.25, -0.2) is 4.79 Å². The molecule has 0 aliphatic rings. The van der Waals surface area contributed by atoms with Crippen LogP contribution in [0.25, 0.3) is 10.9 Å². The molecular formula is C20H19ClN2O3. The number of aromatic amines is 1. The third-order valence-electron chi connectivity index (χ3n) is 3.99. The molecule has 26 heavy (non-hydrogen) atoms. The fourth-order valence-electron chi connectivity index (χ4n) is 2.75. The molecule has 0 fully saturated rings. The number of hydrogen-bond acceptors (Lipinski definition) is 3. The van der Waals surface area contributed by atoms with Crippen LogP contribution in [0.4, 0.5) is 0 Å². The molecule has 1 aromatic heterocycles. The largest absolute Gasteiger partial charge is 0.464 e. The number of benzene rings is 2. The summed E-state index contributed by atoms with van der Waals surface area (Å²) in [5.74, 6) is -0.824. The SMILES string of the molecule is CCOC(=O)C(Cc1ccccc1)NC(=O)c1cc2cc(Cl)ccc2[nH]1. The topological polar surface area (TPSA) is 71.2 Å². The molecule has 3 aromatic rings. The van der Waals surface area contributed by atoms with E-state index in [1.807, 2.05) is 30.3 Å². The molecule has 6 heteroatoms. The van der Waals surface area contributed by atoms with Crippen LogP contribution in [0, 0.1) is 0 Å². The third kappa shape index (κ3) is 4.24. The maximum Gasteiger partial charge on any atom is 0.328 e. The van der Waals surface area contributed by atoms with E-state index in [0.29, 0.717) is 17.1 Å². The molecule has 0 saturated carbocycles. The van der Waals surface area contributed by atoms with Crippen LogP contribution in [0.1, 0.15) is 23.0 Å². The monoisotopic (exact) mass is 370 g/mol. The van der Waals surface area contributed by atoms with Crippen molar-refractivity contribution in [2.45, 2.75) is 19.4 Å². The van der Waals surface area contributed by atoms with E-state index in [1.54, 1.807) is 31.2 Å². The van der Waals surface area contributed by atoms with E-state index in [2.05, 4.69) is 10.3 Å². The maximum atomic E-state index is 12.6. The van der Waals surface area contributed by atoms with E-state index in [0.717, 1.165) is 16.5 Å². The minimum absolute atomic E-state index is 0.255. The smallest absolute Gasteiger partial charge is 0.328 e. The van der Waals surface area contributed by atoms with Gasteiger partial charge in [0.1, 0.15) is 11.7 Å². The first-order valence-electron chi connectivity index (χ1n) is 8.36. The zero-order valence-electron chi connectivity index (χ0n) is 14.3. The van der Waals surface area contributed by atoms with Gasteiger partial charge in [0.25, 0.3) is 5.91 Å². The number of carbonyl (C=O) groups excluding carboxylic acids is 2. The Morgan fingerprint density at radius 3 is 2.65 bits per heavy atom. The minimum Gasteiger partial charge on any atom is -0.464 e. The fraction of sp³-hybridized carbons (Fsp3) is 0.200. The Bertz CT molecular complexity index is 921. The standard InChI is InChI=1S/C20H19ClN2O3/c1-2-26-20(25)18(10-13-6-4-3-5-7-13)23-19(24)17-12-14-11-15(21)8-9-16(14)22-17/h3-9,11-12,18,22H,2,10H2,1H3,(H,23,24). The van der Waals surface area contributed by atoms with E-state index in [-0.39, 0.29) is 12.5 Å². The van der Waals surface area contributed by atoms with Gasteiger partial charge in [0.2, 0.25) is 0 Å². The second kappa shape index (κ2) is 8.06. The Labute approximate surface area is 156 Å². The molecule has 1 atom stereocenters. The fourth-order valence-corrected chi connectivity index (χ4v) is 2.93. The van der Waals surface area contributed by atoms with Gasteiger partial charge < -0.3 is 15.0 Å². The van der Waals surface area contributed by atoms with Crippen molar-refractivity contribution in [3.63, 3.8) is 0 Å². The van der Waals surface area contributed by atoms with Crippen LogP contribution >= 0.6 is 11.6 Å². The van der Waals surface area contributed by atoms with Gasteiger partial charge in [0, 0.05) is 22.3 Å². The van der Waals surface area contributed by atoms with Crippen molar-refractivity contribution in [1.82, 2.24) is 10.3 Å². The Morgan fingerprint density at radius 1 is 1.15 bits per heavy atom. The van der Waals surface area contributed by atoms with Gasteiger partial charge in [-0.05, 0) is 36.8 Å². The molecule has 134 valence electrons. The highest BCUT2D eigenvalue weighted by molar-refractivity contribution is 6.31. The minimum atomic E-state index is -0.764. The van der Waals surface area contributed by atoms with Crippen LogP contribution in [0.2, 0.25) is 5.02 Å².